The molecule has 0 fully saturated rings. The van der Waals surface area contributed by atoms with E-state index in [-0.39, 0.29) is 18.0 Å². The summed E-state index contributed by atoms with van der Waals surface area (Å²) in [7, 11) is 0. The van der Waals surface area contributed by atoms with Crippen LogP contribution >= 0.6 is 0 Å². The Morgan fingerprint density at radius 1 is 1.40 bits per heavy atom. The fraction of sp³-hybridized carbons (Fsp3) is 0.533. The molecule has 0 aliphatic carbocycles. The standard InChI is InChI=1S/C15H24N2O3/c1-5-20-12-8-6-7-11(9-12)17-14(19)16-10-13(18)15(2,3)4/h6-9,13,18H,5,10H2,1-4H3,(H2,16,17,19). The molecule has 20 heavy (non-hydrogen) atoms. The molecule has 1 rings (SSSR count). The third kappa shape index (κ3) is 5.48. The molecule has 1 aromatic rings. The van der Waals surface area contributed by atoms with E-state index in [1.54, 1.807) is 12.1 Å². The maximum atomic E-state index is 11.7. The van der Waals surface area contributed by atoms with E-state index in [0.29, 0.717) is 18.0 Å². The van der Waals surface area contributed by atoms with E-state index in [0.717, 1.165) is 0 Å². The Kier molecular flexibility index (Phi) is 5.82. The Hall–Kier alpha value is -1.75. The van der Waals surface area contributed by atoms with Gasteiger partial charge in [-0.1, -0.05) is 26.8 Å². The lowest BCUT2D eigenvalue weighted by atomic mass is 9.89. The molecule has 0 aliphatic rings. The van der Waals surface area contributed by atoms with Gasteiger partial charge in [-0.3, -0.25) is 0 Å². The lowest BCUT2D eigenvalue weighted by molar-refractivity contribution is 0.0654. The number of amides is 2. The molecular formula is C15H24N2O3. The molecule has 0 saturated carbocycles. The molecule has 1 unspecified atom stereocenters. The van der Waals surface area contributed by atoms with Gasteiger partial charge in [0.15, 0.2) is 0 Å². The zero-order chi connectivity index (χ0) is 15.2. The van der Waals surface area contributed by atoms with Crippen LogP contribution in [0.2, 0.25) is 0 Å². The minimum absolute atomic E-state index is 0.209. The van der Waals surface area contributed by atoms with Crippen LogP contribution < -0.4 is 15.4 Å². The Bertz CT molecular complexity index is 441. The number of anilines is 1. The number of rotatable bonds is 5. The highest BCUT2D eigenvalue weighted by atomic mass is 16.5. The minimum Gasteiger partial charge on any atom is -0.494 e. The van der Waals surface area contributed by atoms with Gasteiger partial charge in [-0.15, -0.1) is 0 Å². The van der Waals surface area contributed by atoms with Crippen LogP contribution in [-0.2, 0) is 0 Å². The van der Waals surface area contributed by atoms with Gasteiger partial charge in [0.1, 0.15) is 5.75 Å². The summed E-state index contributed by atoms with van der Waals surface area (Å²) in [4.78, 5) is 11.7. The van der Waals surface area contributed by atoms with Gasteiger partial charge >= 0.3 is 6.03 Å². The third-order valence-corrected chi connectivity index (χ3v) is 2.86. The van der Waals surface area contributed by atoms with Crippen LogP contribution in [-0.4, -0.2) is 30.4 Å². The molecule has 0 bridgehead atoms. The first-order chi connectivity index (χ1) is 9.32. The van der Waals surface area contributed by atoms with Crippen LogP contribution in [0.1, 0.15) is 27.7 Å². The molecule has 0 heterocycles. The summed E-state index contributed by atoms with van der Waals surface area (Å²) in [6.45, 7) is 8.45. The van der Waals surface area contributed by atoms with Crippen LogP contribution in [0.3, 0.4) is 0 Å². The summed E-state index contributed by atoms with van der Waals surface area (Å²) in [5.74, 6) is 0.708. The maximum absolute atomic E-state index is 11.7. The molecule has 0 aliphatic heterocycles. The molecule has 2 amide bonds. The first kappa shape index (κ1) is 16.3. The van der Waals surface area contributed by atoms with E-state index in [1.165, 1.54) is 0 Å². The van der Waals surface area contributed by atoms with Gasteiger partial charge in [0, 0.05) is 18.3 Å². The number of aliphatic hydroxyl groups excluding tert-OH is 1. The second kappa shape index (κ2) is 7.14. The predicted molar refractivity (Wildman–Crippen MR) is 80.1 cm³/mol. The molecule has 112 valence electrons. The van der Waals surface area contributed by atoms with E-state index < -0.39 is 6.10 Å². The van der Waals surface area contributed by atoms with E-state index in [2.05, 4.69) is 10.6 Å². The first-order valence-electron chi connectivity index (χ1n) is 6.78. The van der Waals surface area contributed by atoms with Gasteiger partial charge in [-0.2, -0.15) is 0 Å². The summed E-state index contributed by atoms with van der Waals surface area (Å²) >= 11 is 0. The second-order valence-electron chi connectivity index (χ2n) is 5.68. The topological polar surface area (TPSA) is 70.6 Å². The number of carbonyl (C=O) groups excluding carboxylic acids is 1. The largest absolute Gasteiger partial charge is 0.494 e. The van der Waals surface area contributed by atoms with Crippen molar-refractivity contribution in [3.8, 4) is 5.75 Å². The smallest absolute Gasteiger partial charge is 0.319 e. The first-order valence-corrected chi connectivity index (χ1v) is 6.78. The maximum Gasteiger partial charge on any atom is 0.319 e. The number of urea groups is 1. The van der Waals surface area contributed by atoms with Crippen molar-refractivity contribution in [3.63, 3.8) is 0 Å². The summed E-state index contributed by atoms with van der Waals surface area (Å²) in [6, 6.07) is 6.83. The highest BCUT2D eigenvalue weighted by Gasteiger charge is 2.22. The van der Waals surface area contributed by atoms with Crippen molar-refractivity contribution in [1.82, 2.24) is 5.32 Å². The number of aliphatic hydroxyl groups is 1. The Morgan fingerprint density at radius 2 is 2.10 bits per heavy atom. The highest BCUT2D eigenvalue weighted by Crippen LogP contribution is 2.19. The van der Waals surface area contributed by atoms with Crippen LogP contribution in [0.5, 0.6) is 5.75 Å². The lowest BCUT2D eigenvalue weighted by Gasteiger charge is -2.25. The van der Waals surface area contributed by atoms with E-state index in [4.69, 9.17) is 4.74 Å². The molecule has 0 aromatic heterocycles. The third-order valence-electron chi connectivity index (χ3n) is 2.86. The summed E-state index contributed by atoms with van der Waals surface area (Å²) in [5, 5.41) is 15.2. The number of ether oxygens (including phenoxy) is 1. The molecular weight excluding hydrogens is 256 g/mol. The Labute approximate surface area is 120 Å². The van der Waals surface area contributed by atoms with Gasteiger partial charge in [0.25, 0.3) is 0 Å². The fourth-order valence-corrected chi connectivity index (χ4v) is 1.50. The normalized spacial score (nSPS) is 12.7. The molecule has 5 heteroatoms. The molecule has 3 N–H and O–H groups in total. The van der Waals surface area contributed by atoms with Crippen molar-refractivity contribution < 1.29 is 14.6 Å². The van der Waals surface area contributed by atoms with Crippen molar-refractivity contribution in [2.75, 3.05) is 18.5 Å². The molecule has 1 aromatic carbocycles. The molecule has 0 saturated heterocycles. The minimum atomic E-state index is -0.594. The van der Waals surface area contributed by atoms with Gasteiger partial charge < -0.3 is 20.5 Å². The van der Waals surface area contributed by atoms with Crippen LogP contribution in [0, 0.1) is 5.41 Å². The highest BCUT2D eigenvalue weighted by molar-refractivity contribution is 5.89. The van der Waals surface area contributed by atoms with Crippen molar-refractivity contribution in [2.45, 2.75) is 33.8 Å². The fourth-order valence-electron chi connectivity index (χ4n) is 1.50. The van der Waals surface area contributed by atoms with Gasteiger partial charge in [0.05, 0.1) is 12.7 Å². The number of hydrogen-bond donors (Lipinski definition) is 3. The number of hydrogen-bond acceptors (Lipinski definition) is 3. The van der Waals surface area contributed by atoms with E-state index in [1.807, 2.05) is 39.8 Å². The van der Waals surface area contributed by atoms with Gasteiger partial charge in [0.2, 0.25) is 0 Å². The summed E-state index contributed by atoms with van der Waals surface area (Å²) < 4.78 is 5.36. The van der Waals surface area contributed by atoms with Crippen LogP contribution in [0.25, 0.3) is 0 Å². The monoisotopic (exact) mass is 280 g/mol. The summed E-state index contributed by atoms with van der Waals surface area (Å²) in [5.41, 5.74) is 0.390. The predicted octanol–water partition coefficient (Wildman–Crippen LogP) is 2.61. The summed E-state index contributed by atoms with van der Waals surface area (Å²) in [6.07, 6.45) is -0.594. The average Bonchev–Trinajstić information content (AvgIpc) is 2.35. The number of carbonyl (C=O) groups is 1. The van der Waals surface area contributed by atoms with Gasteiger partial charge in [-0.25, -0.2) is 4.79 Å². The van der Waals surface area contributed by atoms with E-state index in [9.17, 15) is 9.90 Å². The number of benzene rings is 1. The lowest BCUT2D eigenvalue weighted by Crippen LogP contribution is -2.40. The zero-order valence-electron chi connectivity index (χ0n) is 12.6. The van der Waals surface area contributed by atoms with Crippen LogP contribution in [0.15, 0.2) is 24.3 Å². The Balaban J connectivity index is 2.48. The van der Waals surface area contributed by atoms with Crippen molar-refractivity contribution in [3.05, 3.63) is 24.3 Å². The number of nitrogens with one attached hydrogen (secondary N) is 2. The molecule has 1 atom stereocenters. The van der Waals surface area contributed by atoms with Crippen molar-refractivity contribution in [1.29, 1.82) is 0 Å². The Morgan fingerprint density at radius 3 is 2.70 bits per heavy atom. The van der Waals surface area contributed by atoms with Crippen molar-refractivity contribution in [2.24, 2.45) is 5.41 Å². The van der Waals surface area contributed by atoms with Crippen LogP contribution in [0.4, 0.5) is 10.5 Å². The molecule has 5 nitrogen and oxygen atoms in total. The van der Waals surface area contributed by atoms with E-state index >= 15 is 0 Å². The second-order valence-corrected chi connectivity index (χ2v) is 5.68. The quantitative estimate of drug-likeness (QED) is 0.776. The average molecular weight is 280 g/mol. The van der Waals surface area contributed by atoms with Crippen molar-refractivity contribution >= 4 is 11.7 Å². The van der Waals surface area contributed by atoms with Gasteiger partial charge in [-0.05, 0) is 24.5 Å². The molecule has 0 radical (unpaired) electrons. The molecule has 0 spiro atoms. The zero-order valence-corrected chi connectivity index (χ0v) is 12.6. The SMILES string of the molecule is CCOc1cccc(NC(=O)NCC(O)C(C)(C)C)c1.